The number of rotatable bonds is 4. The van der Waals surface area contributed by atoms with E-state index in [2.05, 4.69) is 17.4 Å². The van der Waals surface area contributed by atoms with Crippen molar-refractivity contribution in [1.82, 2.24) is 5.32 Å². The van der Waals surface area contributed by atoms with Gasteiger partial charge in [0.1, 0.15) is 0 Å². The van der Waals surface area contributed by atoms with Crippen molar-refractivity contribution in [1.29, 1.82) is 0 Å². The number of nitrogens with one attached hydrogen (secondary N) is 1. The van der Waals surface area contributed by atoms with Crippen LogP contribution in [0.2, 0.25) is 0 Å². The Hall–Kier alpha value is -1.84. The molecule has 0 saturated heterocycles. The van der Waals surface area contributed by atoms with Crippen molar-refractivity contribution >= 4 is 11.9 Å². The van der Waals surface area contributed by atoms with E-state index in [1.165, 1.54) is 11.1 Å². The fourth-order valence-electron chi connectivity index (χ4n) is 2.78. The monoisotopic (exact) mass is 275 g/mol. The maximum Gasteiger partial charge on any atom is 0.305 e. The molecule has 1 atom stereocenters. The van der Waals surface area contributed by atoms with Crippen LogP contribution < -0.4 is 5.32 Å². The lowest BCUT2D eigenvalue weighted by atomic mass is 9.83. The Morgan fingerprint density at radius 3 is 2.60 bits per heavy atom. The second-order valence-electron chi connectivity index (χ2n) is 6.15. The molecule has 1 amide bonds. The molecule has 2 rings (SSSR count). The molecule has 0 fully saturated rings. The molecule has 1 aromatic carbocycles. The van der Waals surface area contributed by atoms with Gasteiger partial charge in [-0.2, -0.15) is 0 Å². The topological polar surface area (TPSA) is 66.4 Å². The minimum atomic E-state index is -0.899. The number of aliphatic carboxylic acids is 1. The Balaban J connectivity index is 2.00. The van der Waals surface area contributed by atoms with Crippen LogP contribution in [0.25, 0.3) is 0 Å². The number of hydrogen-bond donors (Lipinski definition) is 2. The molecule has 0 aromatic heterocycles. The van der Waals surface area contributed by atoms with Gasteiger partial charge in [-0.15, -0.1) is 0 Å². The predicted molar refractivity (Wildman–Crippen MR) is 76.4 cm³/mol. The molecule has 1 aromatic rings. The average Bonchev–Trinajstić information content (AvgIpc) is 2.36. The van der Waals surface area contributed by atoms with Crippen LogP contribution in [0, 0.1) is 5.92 Å². The van der Waals surface area contributed by atoms with E-state index in [1.807, 2.05) is 12.1 Å². The van der Waals surface area contributed by atoms with Crippen molar-refractivity contribution in [3.63, 3.8) is 0 Å². The highest BCUT2D eigenvalue weighted by atomic mass is 16.4. The number of carboxylic acid groups (broad SMARTS) is 1. The molecule has 1 aliphatic carbocycles. The third kappa shape index (κ3) is 3.59. The van der Waals surface area contributed by atoms with Gasteiger partial charge < -0.3 is 10.4 Å². The number of amides is 1. The summed E-state index contributed by atoms with van der Waals surface area (Å²) in [6.07, 6.45) is 2.41. The van der Waals surface area contributed by atoms with E-state index in [1.54, 1.807) is 13.8 Å². The summed E-state index contributed by atoms with van der Waals surface area (Å²) in [5.74, 6) is -0.993. The third-order valence-corrected chi connectivity index (χ3v) is 3.77. The second-order valence-corrected chi connectivity index (χ2v) is 6.15. The molecule has 0 heterocycles. The van der Waals surface area contributed by atoms with Gasteiger partial charge in [0.25, 0.3) is 0 Å². The lowest BCUT2D eigenvalue weighted by molar-refractivity contribution is -0.139. The molecule has 0 aliphatic heterocycles. The first kappa shape index (κ1) is 14.6. The van der Waals surface area contributed by atoms with E-state index >= 15 is 0 Å². The maximum absolute atomic E-state index is 12.3. The predicted octanol–water partition coefficient (Wildman–Crippen LogP) is 2.16. The van der Waals surface area contributed by atoms with Gasteiger partial charge >= 0.3 is 5.97 Å². The smallest absolute Gasteiger partial charge is 0.305 e. The van der Waals surface area contributed by atoms with Gasteiger partial charge in [0, 0.05) is 11.5 Å². The van der Waals surface area contributed by atoms with E-state index < -0.39 is 11.5 Å². The summed E-state index contributed by atoms with van der Waals surface area (Å²) in [6.45, 7) is 3.49. The van der Waals surface area contributed by atoms with Crippen molar-refractivity contribution in [2.75, 3.05) is 0 Å². The first-order chi connectivity index (χ1) is 9.37. The van der Waals surface area contributed by atoms with Gasteiger partial charge in [-0.25, -0.2) is 0 Å². The van der Waals surface area contributed by atoms with Gasteiger partial charge in [0.2, 0.25) is 5.91 Å². The van der Waals surface area contributed by atoms with Gasteiger partial charge in [0.05, 0.1) is 6.42 Å². The van der Waals surface area contributed by atoms with Gasteiger partial charge in [-0.1, -0.05) is 24.3 Å². The quantitative estimate of drug-likeness (QED) is 0.885. The fourth-order valence-corrected chi connectivity index (χ4v) is 2.78. The zero-order chi connectivity index (χ0) is 14.8. The molecule has 2 N–H and O–H groups in total. The largest absolute Gasteiger partial charge is 0.481 e. The molecule has 0 radical (unpaired) electrons. The summed E-state index contributed by atoms with van der Waals surface area (Å²) in [7, 11) is 0. The molecular weight excluding hydrogens is 254 g/mol. The zero-order valence-corrected chi connectivity index (χ0v) is 12.0. The number of carbonyl (C=O) groups is 2. The molecule has 4 heteroatoms. The Bertz CT molecular complexity index is 522. The molecule has 0 saturated carbocycles. The Kier molecular flexibility index (Phi) is 4.12. The molecule has 0 spiro atoms. The maximum atomic E-state index is 12.3. The highest BCUT2D eigenvalue weighted by Gasteiger charge is 2.30. The molecule has 108 valence electrons. The van der Waals surface area contributed by atoms with E-state index in [0.717, 1.165) is 19.3 Å². The summed E-state index contributed by atoms with van der Waals surface area (Å²) in [5, 5.41) is 11.7. The number of carbonyl (C=O) groups excluding carboxylic acids is 1. The number of carboxylic acids is 1. The zero-order valence-electron chi connectivity index (χ0n) is 12.0. The van der Waals surface area contributed by atoms with Crippen LogP contribution >= 0.6 is 0 Å². The van der Waals surface area contributed by atoms with Crippen molar-refractivity contribution < 1.29 is 14.7 Å². The van der Waals surface area contributed by atoms with E-state index in [4.69, 9.17) is 5.11 Å². The van der Waals surface area contributed by atoms with Gasteiger partial charge in [-0.05, 0) is 44.2 Å². The SMILES string of the molecule is CC(C)(CC(=O)O)NC(=O)C1CCc2ccccc2C1. The normalized spacial score (nSPS) is 18.2. The first-order valence-corrected chi connectivity index (χ1v) is 6.98. The number of hydrogen-bond acceptors (Lipinski definition) is 2. The van der Waals surface area contributed by atoms with Crippen molar-refractivity contribution in [2.24, 2.45) is 5.92 Å². The van der Waals surface area contributed by atoms with Crippen molar-refractivity contribution in [3.8, 4) is 0 Å². The summed E-state index contributed by atoms with van der Waals surface area (Å²) in [6, 6.07) is 8.19. The lowest BCUT2D eigenvalue weighted by Crippen LogP contribution is -2.48. The summed E-state index contributed by atoms with van der Waals surface area (Å²) >= 11 is 0. The van der Waals surface area contributed by atoms with E-state index in [-0.39, 0.29) is 18.2 Å². The standard InChI is InChI=1S/C16H21NO3/c1-16(2,10-14(18)19)17-15(20)13-8-7-11-5-3-4-6-12(11)9-13/h3-6,13H,7-10H2,1-2H3,(H,17,20)(H,18,19). The number of aryl methyl sites for hydroxylation is 1. The molecule has 4 nitrogen and oxygen atoms in total. The average molecular weight is 275 g/mol. The number of benzene rings is 1. The third-order valence-electron chi connectivity index (χ3n) is 3.77. The molecule has 1 aliphatic rings. The fraction of sp³-hybridized carbons (Fsp3) is 0.500. The van der Waals surface area contributed by atoms with E-state index in [9.17, 15) is 9.59 Å². The van der Waals surface area contributed by atoms with E-state index in [0.29, 0.717) is 0 Å². The second kappa shape index (κ2) is 5.65. The molecular formula is C16H21NO3. The van der Waals surface area contributed by atoms with Gasteiger partial charge in [-0.3, -0.25) is 9.59 Å². The Labute approximate surface area is 119 Å². The summed E-state index contributed by atoms with van der Waals surface area (Å²) in [4.78, 5) is 23.1. The Morgan fingerprint density at radius 1 is 1.30 bits per heavy atom. The minimum absolute atomic E-state index is 0.0363. The number of fused-ring (bicyclic) bond motifs is 1. The minimum Gasteiger partial charge on any atom is -0.481 e. The molecule has 1 unspecified atom stereocenters. The van der Waals surface area contributed by atoms with Crippen LogP contribution in [0.3, 0.4) is 0 Å². The Morgan fingerprint density at radius 2 is 1.95 bits per heavy atom. The van der Waals surface area contributed by atoms with Crippen LogP contribution in [0.5, 0.6) is 0 Å². The van der Waals surface area contributed by atoms with Gasteiger partial charge in [0.15, 0.2) is 0 Å². The van der Waals surface area contributed by atoms with Crippen molar-refractivity contribution in [2.45, 2.75) is 45.1 Å². The van der Waals surface area contributed by atoms with Crippen LogP contribution in [-0.2, 0) is 22.4 Å². The first-order valence-electron chi connectivity index (χ1n) is 6.98. The van der Waals surface area contributed by atoms with Crippen molar-refractivity contribution in [3.05, 3.63) is 35.4 Å². The summed E-state index contributed by atoms with van der Waals surface area (Å²) in [5.41, 5.74) is 1.84. The van der Waals surface area contributed by atoms with Crippen LogP contribution in [-0.4, -0.2) is 22.5 Å². The van der Waals surface area contributed by atoms with Crippen LogP contribution in [0.1, 0.15) is 37.8 Å². The highest BCUT2D eigenvalue weighted by molar-refractivity contribution is 5.81. The lowest BCUT2D eigenvalue weighted by Gasteiger charge is -2.29. The van der Waals surface area contributed by atoms with Crippen LogP contribution in [0.4, 0.5) is 0 Å². The molecule has 0 bridgehead atoms. The summed E-state index contributed by atoms with van der Waals surface area (Å²) < 4.78 is 0. The molecule has 20 heavy (non-hydrogen) atoms. The highest BCUT2D eigenvalue weighted by Crippen LogP contribution is 2.26. The van der Waals surface area contributed by atoms with Crippen LogP contribution in [0.15, 0.2) is 24.3 Å².